The number of fused-ring (bicyclic) bond motifs is 2. The number of hydrogen-bond donors (Lipinski definition) is 2. The molecule has 2 saturated carbocycles. The summed E-state index contributed by atoms with van der Waals surface area (Å²) in [5, 5.41) is 13.4. The van der Waals surface area contributed by atoms with E-state index in [1.807, 2.05) is 4.90 Å². The first kappa shape index (κ1) is 17.9. The molecular formula is C19H22Cl2N2O3. The van der Waals surface area contributed by atoms with E-state index in [4.69, 9.17) is 23.2 Å². The molecule has 1 heterocycles. The summed E-state index contributed by atoms with van der Waals surface area (Å²) in [4.78, 5) is 27.0. The summed E-state index contributed by atoms with van der Waals surface area (Å²) in [6.07, 6.45) is 5.98. The van der Waals surface area contributed by atoms with Gasteiger partial charge in [0.1, 0.15) is 5.75 Å². The van der Waals surface area contributed by atoms with Crippen molar-refractivity contribution in [3.05, 3.63) is 27.7 Å². The maximum absolute atomic E-state index is 12.5. The Labute approximate surface area is 162 Å². The monoisotopic (exact) mass is 396 g/mol. The lowest BCUT2D eigenvalue weighted by atomic mass is 9.82. The molecule has 0 spiro atoms. The Hall–Kier alpha value is -1.46. The van der Waals surface area contributed by atoms with Gasteiger partial charge < -0.3 is 15.3 Å². The van der Waals surface area contributed by atoms with E-state index in [-0.39, 0.29) is 46.2 Å². The van der Waals surface area contributed by atoms with Crippen LogP contribution in [-0.2, 0) is 4.79 Å². The number of halogens is 2. The minimum absolute atomic E-state index is 0.0115. The number of amides is 2. The van der Waals surface area contributed by atoms with Crippen molar-refractivity contribution in [1.29, 1.82) is 0 Å². The highest BCUT2D eigenvalue weighted by Gasteiger charge is 2.47. The molecule has 0 aromatic heterocycles. The first-order valence-corrected chi connectivity index (χ1v) is 9.96. The fourth-order valence-corrected chi connectivity index (χ4v) is 4.98. The number of aromatic hydroxyl groups is 1. The van der Waals surface area contributed by atoms with Crippen molar-refractivity contribution in [2.75, 3.05) is 6.54 Å². The van der Waals surface area contributed by atoms with Crippen LogP contribution in [0.5, 0.6) is 5.75 Å². The quantitative estimate of drug-likeness (QED) is 0.816. The zero-order chi connectivity index (χ0) is 18.4. The number of hydrogen-bond acceptors (Lipinski definition) is 3. The second kappa shape index (κ2) is 6.93. The first-order valence-electron chi connectivity index (χ1n) is 9.20. The van der Waals surface area contributed by atoms with Crippen molar-refractivity contribution < 1.29 is 14.7 Å². The van der Waals surface area contributed by atoms with Crippen LogP contribution in [0.3, 0.4) is 0 Å². The highest BCUT2D eigenvalue weighted by molar-refractivity contribution is 6.36. The molecule has 7 heteroatoms. The zero-order valence-corrected chi connectivity index (χ0v) is 15.9. The molecule has 2 aliphatic carbocycles. The number of phenolic OH excluding ortho intramolecular Hbond substituents is 1. The van der Waals surface area contributed by atoms with Crippen molar-refractivity contribution in [1.82, 2.24) is 10.2 Å². The minimum Gasteiger partial charge on any atom is -0.506 e. The molecule has 2 amide bonds. The van der Waals surface area contributed by atoms with Crippen LogP contribution >= 0.6 is 23.2 Å². The number of piperidine rings is 1. The number of nitrogens with zero attached hydrogens (tertiary/aromatic N) is 1. The zero-order valence-electron chi connectivity index (χ0n) is 14.4. The third kappa shape index (κ3) is 3.27. The maximum Gasteiger partial charge on any atom is 0.255 e. The van der Waals surface area contributed by atoms with Crippen LogP contribution in [0.2, 0.25) is 10.0 Å². The van der Waals surface area contributed by atoms with Gasteiger partial charge >= 0.3 is 0 Å². The number of nitrogens with one attached hydrogen (secondary N) is 1. The van der Waals surface area contributed by atoms with Gasteiger partial charge in [0.05, 0.1) is 10.6 Å². The van der Waals surface area contributed by atoms with Crippen molar-refractivity contribution in [3.63, 3.8) is 0 Å². The Morgan fingerprint density at radius 3 is 2.62 bits per heavy atom. The fourth-order valence-electron chi connectivity index (χ4n) is 4.48. The standard InChI is InChI=1S/C19H22Cl2N2O3/c20-12-6-14(18(25)15(21)7-12)19(26)22-16-8-13-5-11(16)9-23(13)17(24)4-10-2-1-3-10/h6-7,10-11,13,16,25H,1-5,8-9H2,(H,22,26)/t11-,13-,16-/m1/s1. The van der Waals surface area contributed by atoms with E-state index in [1.54, 1.807) is 0 Å². The molecule has 2 bridgehead atoms. The van der Waals surface area contributed by atoms with Gasteiger partial charge in [0.2, 0.25) is 5.91 Å². The molecule has 3 atom stereocenters. The Balaban J connectivity index is 1.37. The molecule has 5 nitrogen and oxygen atoms in total. The maximum atomic E-state index is 12.5. The molecular weight excluding hydrogens is 375 g/mol. The van der Waals surface area contributed by atoms with E-state index in [9.17, 15) is 14.7 Å². The van der Waals surface area contributed by atoms with E-state index < -0.39 is 0 Å². The average Bonchev–Trinajstić information content (AvgIpc) is 3.14. The van der Waals surface area contributed by atoms with Crippen molar-refractivity contribution >= 4 is 35.0 Å². The molecule has 0 unspecified atom stereocenters. The second-order valence-electron chi connectivity index (χ2n) is 7.80. The summed E-state index contributed by atoms with van der Waals surface area (Å²) in [6.45, 7) is 0.712. The predicted octanol–water partition coefficient (Wildman–Crippen LogP) is 3.61. The van der Waals surface area contributed by atoms with Crippen LogP contribution in [0.15, 0.2) is 12.1 Å². The summed E-state index contributed by atoms with van der Waals surface area (Å²) in [7, 11) is 0. The van der Waals surface area contributed by atoms with Crippen molar-refractivity contribution in [3.8, 4) is 5.75 Å². The number of carbonyl (C=O) groups excluding carboxylic acids is 2. The molecule has 1 aromatic carbocycles. The highest BCUT2D eigenvalue weighted by Crippen LogP contribution is 2.40. The molecule has 3 fully saturated rings. The summed E-state index contributed by atoms with van der Waals surface area (Å²) in [5.74, 6) is 0.482. The number of likely N-dealkylation sites (tertiary alicyclic amines) is 1. The van der Waals surface area contributed by atoms with E-state index in [0.717, 1.165) is 12.8 Å². The van der Waals surface area contributed by atoms with Crippen LogP contribution < -0.4 is 5.32 Å². The third-order valence-corrected chi connectivity index (χ3v) is 6.65. The molecule has 2 N–H and O–H groups in total. The average molecular weight is 397 g/mol. The van der Waals surface area contributed by atoms with Gasteiger partial charge in [-0.05, 0) is 49.7 Å². The molecule has 140 valence electrons. The lowest BCUT2D eigenvalue weighted by Gasteiger charge is -2.34. The molecule has 1 aromatic rings. The Kier molecular flexibility index (Phi) is 4.78. The van der Waals surface area contributed by atoms with Crippen molar-refractivity contribution in [2.45, 2.75) is 50.6 Å². The highest BCUT2D eigenvalue weighted by atomic mass is 35.5. The molecule has 1 aliphatic heterocycles. The van der Waals surface area contributed by atoms with E-state index in [0.29, 0.717) is 23.9 Å². The summed E-state index contributed by atoms with van der Waals surface area (Å²) in [6, 6.07) is 3.05. The van der Waals surface area contributed by atoms with Gasteiger partial charge in [0, 0.05) is 30.1 Å². The SMILES string of the molecule is O=C(N[C@@H]1C[C@H]2C[C@@H]1CN2C(=O)CC1CCC1)c1cc(Cl)cc(Cl)c1O. The minimum atomic E-state index is -0.378. The van der Waals surface area contributed by atoms with Crippen LogP contribution in [0, 0.1) is 11.8 Å². The molecule has 0 radical (unpaired) electrons. The van der Waals surface area contributed by atoms with Crippen LogP contribution in [-0.4, -0.2) is 40.4 Å². The first-order chi connectivity index (χ1) is 12.4. The largest absolute Gasteiger partial charge is 0.506 e. The van der Waals surface area contributed by atoms with Gasteiger partial charge in [0.25, 0.3) is 5.91 Å². The van der Waals surface area contributed by atoms with E-state index in [2.05, 4.69) is 5.32 Å². The topological polar surface area (TPSA) is 69.6 Å². The molecule has 4 rings (SSSR count). The second-order valence-corrected chi connectivity index (χ2v) is 8.64. The summed E-state index contributed by atoms with van der Waals surface area (Å²) in [5.41, 5.74) is 0.0863. The molecule has 26 heavy (non-hydrogen) atoms. The van der Waals surface area contributed by atoms with Gasteiger partial charge in [-0.1, -0.05) is 29.6 Å². The Bertz CT molecular complexity index is 751. The van der Waals surface area contributed by atoms with Crippen LogP contribution in [0.1, 0.15) is 48.9 Å². The molecule has 1 saturated heterocycles. The third-order valence-electron chi connectivity index (χ3n) is 6.14. The number of benzene rings is 1. The van der Waals surface area contributed by atoms with Crippen LogP contribution in [0.25, 0.3) is 0 Å². The van der Waals surface area contributed by atoms with Gasteiger partial charge in [-0.25, -0.2) is 0 Å². The predicted molar refractivity (Wildman–Crippen MR) is 99.6 cm³/mol. The number of rotatable bonds is 4. The number of carbonyl (C=O) groups is 2. The lowest BCUT2D eigenvalue weighted by molar-refractivity contribution is -0.134. The Morgan fingerprint density at radius 1 is 1.23 bits per heavy atom. The van der Waals surface area contributed by atoms with E-state index in [1.165, 1.54) is 31.4 Å². The number of phenols is 1. The normalized spacial score (nSPS) is 27.5. The van der Waals surface area contributed by atoms with E-state index >= 15 is 0 Å². The van der Waals surface area contributed by atoms with Gasteiger partial charge in [-0.15, -0.1) is 0 Å². The molecule has 3 aliphatic rings. The smallest absolute Gasteiger partial charge is 0.255 e. The summed E-state index contributed by atoms with van der Waals surface area (Å²) < 4.78 is 0. The fraction of sp³-hybridized carbons (Fsp3) is 0.579. The summed E-state index contributed by atoms with van der Waals surface area (Å²) >= 11 is 11.8. The van der Waals surface area contributed by atoms with Gasteiger partial charge in [0.15, 0.2) is 0 Å². The van der Waals surface area contributed by atoms with Gasteiger partial charge in [-0.3, -0.25) is 9.59 Å². The van der Waals surface area contributed by atoms with Gasteiger partial charge in [-0.2, -0.15) is 0 Å². The lowest BCUT2D eigenvalue weighted by Crippen LogP contribution is -2.48. The Morgan fingerprint density at radius 2 is 2.00 bits per heavy atom. The van der Waals surface area contributed by atoms with Crippen LogP contribution in [0.4, 0.5) is 0 Å². The van der Waals surface area contributed by atoms with Crippen molar-refractivity contribution in [2.24, 2.45) is 11.8 Å².